The fourth-order valence-corrected chi connectivity index (χ4v) is 4.39. The molecule has 4 nitrogen and oxygen atoms in total. The van der Waals surface area contributed by atoms with Crippen molar-refractivity contribution in [1.29, 1.82) is 0 Å². The summed E-state index contributed by atoms with van der Waals surface area (Å²) in [4.78, 5) is 2.38. The highest BCUT2D eigenvalue weighted by Crippen LogP contribution is 2.27. The molecule has 1 N–H and O–H groups in total. The number of rotatable bonds is 4. The number of hydrogen-bond donors (Lipinski definition) is 1. The highest BCUT2D eigenvalue weighted by atomic mass is 15.3. The standard InChI is InChI=1S/C20H24N4/c1-2-5-16-9-18(8-15(16)4-1)21-11-14-12-24(13-14)20-10-17-6-3-7-19(17)22-23-20/h1-2,4-5,10,14,18,21H,3,6-9,11-13H2. The average Bonchev–Trinajstić information content (AvgIpc) is 3.18. The van der Waals surface area contributed by atoms with Crippen LogP contribution in [0.15, 0.2) is 30.3 Å². The largest absolute Gasteiger partial charge is 0.354 e. The minimum atomic E-state index is 0.622. The van der Waals surface area contributed by atoms with Crippen LogP contribution >= 0.6 is 0 Å². The van der Waals surface area contributed by atoms with Gasteiger partial charge in [0.25, 0.3) is 0 Å². The van der Waals surface area contributed by atoms with Crippen molar-refractivity contribution in [2.45, 2.75) is 38.1 Å². The van der Waals surface area contributed by atoms with Gasteiger partial charge >= 0.3 is 0 Å². The quantitative estimate of drug-likeness (QED) is 0.937. The topological polar surface area (TPSA) is 41.0 Å². The van der Waals surface area contributed by atoms with Crippen LogP contribution in [0.3, 0.4) is 0 Å². The second kappa shape index (κ2) is 5.85. The van der Waals surface area contributed by atoms with Crippen LogP contribution in [0.1, 0.15) is 28.8 Å². The molecular formula is C20H24N4. The van der Waals surface area contributed by atoms with E-state index in [1.54, 1.807) is 0 Å². The Morgan fingerprint density at radius 3 is 2.58 bits per heavy atom. The van der Waals surface area contributed by atoms with E-state index in [1.165, 1.54) is 48.1 Å². The molecule has 2 aromatic rings. The maximum atomic E-state index is 4.43. The van der Waals surface area contributed by atoms with Crippen LogP contribution in [0.2, 0.25) is 0 Å². The second-order valence-corrected chi connectivity index (χ2v) is 7.58. The van der Waals surface area contributed by atoms with Gasteiger partial charge < -0.3 is 10.2 Å². The molecule has 1 saturated heterocycles. The number of hydrogen-bond acceptors (Lipinski definition) is 4. The van der Waals surface area contributed by atoms with Gasteiger partial charge in [-0.15, -0.1) is 5.10 Å². The Kier molecular flexibility index (Phi) is 3.51. The first-order valence-corrected chi connectivity index (χ1v) is 9.26. The molecule has 1 fully saturated rings. The van der Waals surface area contributed by atoms with E-state index in [9.17, 15) is 0 Å². The van der Waals surface area contributed by atoms with Crippen molar-refractivity contribution in [3.63, 3.8) is 0 Å². The molecule has 0 saturated carbocycles. The zero-order chi connectivity index (χ0) is 15.9. The van der Waals surface area contributed by atoms with Gasteiger partial charge in [-0.25, -0.2) is 0 Å². The third-order valence-electron chi connectivity index (χ3n) is 5.83. The number of nitrogens with zero attached hydrogens (tertiary/aromatic N) is 3. The van der Waals surface area contributed by atoms with Gasteiger partial charge in [-0.05, 0) is 54.9 Å². The number of benzene rings is 1. The van der Waals surface area contributed by atoms with Crippen LogP contribution in [0.25, 0.3) is 0 Å². The summed E-state index contributed by atoms with van der Waals surface area (Å²) in [6.07, 6.45) is 5.90. The van der Waals surface area contributed by atoms with Crippen molar-refractivity contribution >= 4 is 5.82 Å². The Morgan fingerprint density at radius 2 is 1.79 bits per heavy atom. The van der Waals surface area contributed by atoms with Gasteiger partial charge in [0, 0.05) is 31.6 Å². The van der Waals surface area contributed by atoms with Crippen LogP contribution in [0, 0.1) is 5.92 Å². The number of nitrogens with one attached hydrogen (secondary N) is 1. The lowest BCUT2D eigenvalue weighted by atomic mass is 9.99. The van der Waals surface area contributed by atoms with Crippen LogP contribution < -0.4 is 10.2 Å². The van der Waals surface area contributed by atoms with Crippen molar-refractivity contribution < 1.29 is 0 Å². The molecule has 0 spiro atoms. The molecule has 1 aliphatic heterocycles. The van der Waals surface area contributed by atoms with Crippen LogP contribution in [-0.2, 0) is 25.7 Å². The van der Waals surface area contributed by atoms with E-state index >= 15 is 0 Å². The van der Waals surface area contributed by atoms with Crippen molar-refractivity contribution in [1.82, 2.24) is 15.5 Å². The summed E-state index contributed by atoms with van der Waals surface area (Å²) in [6.45, 7) is 3.34. The summed E-state index contributed by atoms with van der Waals surface area (Å²) in [7, 11) is 0. The Balaban J connectivity index is 1.12. The first-order chi connectivity index (χ1) is 11.8. The maximum Gasteiger partial charge on any atom is 0.151 e. The highest BCUT2D eigenvalue weighted by Gasteiger charge is 2.30. The molecule has 1 aromatic heterocycles. The Bertz CT molecular complexity index is 726. The molecular weight excluding hydrogens is 296 g/mol. The van der Waals surface area contributed by atoms with E-state index in [-0.39, 0.29) is 0 Å². The SMILES string of the molecule is c1ccc2c(c1)CC(NCC1CN(c3cc4c(nn3)CCC4)C1)C2. The minimum Gasteiger partial charge on any atom is -0.354 e. The van der Waals surface area contributed by atoms with Gasteiger partial charge in [-0.3, -0.25) is 0 Å². The van der Waals surface area contributed by atoms with Crippen molar-refractivity contribution in [3.05, 3.63) is 52.7 Å². The lowest BCUT2D eigenvalue weighted by Gasteiger charge is -2.40. The molecule has 3 aliphatic rings. The summed E-state index contributed by atoms with van der Waals surface area (Å²) >= 11 is 0. The zero-order valence-electron chi connectivity index (χ0n) is 14.0. The average molecular weight is 320 g/mol. The lowest BCUT2D eigenvalue weighted by Crippen LogP contribution is -2.52. The van der Waals surface area contributed by atoms with E-state index in [2.05, 4.69) is 50.7 Å². The fraction of sp³-hybridized carbons (Fsp3) is 0.500. The van der Waals surface area contributed by atoms with Crippen LogP contribution in [0.5, 0.6) is 0 Å². The summed E-state index contributed by atoms with van der Waals surface area (Å²) in [5.41, 5.74) is 5.70. The summed E-state index contributed by atoms with van der Waals surface area (Å²) in [5.74, 6) is 1.82. The van der Waals surface area contributed by atoms with Crippen molar-refractivity contribution in [2.75, 3.05) is 24.5 Å². The van der Waals surface area contributed by atoms with Crippen LogP contribution in [-0.4, -0.2) is 35.9 Å². The Hall–Kier alpha value is -1.94. The molecule has 0 radical (unpaired) electrons. The lowest BCUT2D eigenvalue weighted by molar-refractivity contribution is 0.360. The number of aryl methyl sites for hydroxylation is 2. The molecule has 24 heavy (non-hydrogen) atoms. The van der Waals surface area contributed by atoms with Gasteiger partial charge in [0.05, 0.1) is 5.69 Å². The monoisotopic (exact) mass is 320 g/mol. The minimum absolute atomic E-state index is 0.622. The van der Waals surface area contributed by atoms with Crippen molar-refractivity contribution in [3.8, 4) is 0 Å². The Labute approximate surface area is 143 Å². The number of anilines is 1. The molecule has 2 heterocycles. The molecule has 0 atom stereocenters. The van der Waals surface area contributed by atoms with E-state index in [0.717, 1.165) is 37.8 Å². The zero-order valence-corrected chi connectivity index (χ0v) is 14.0. The molecule has 1 aromatic carbocycles. The van der Waals surface area contributed by atoms with E-state index < -0.39 is 0 Å². The molecule has 4 heteroatoms. The second-order valence-electron chi connectivity index (χ2n) is 7.58. The van der Waals surface area contributed by atoms with Gasteiger partial charge in [-0.1, -0.05) is 24.3 Å². The predicted molar refractivity (Wildman–Crippen MR) is 95.4 cm³/mol. The summed E-state index contributed by atoms with van der Waals surface area (Å²) in [5, 5.41) is 12.6. The summed E-state index contributed by atoms with van der Waals surface area (Å²) in [6, 6.07) is 11.7. The molecule has 0 amide bonds. The van der Waals surface area contributed by atoms with E-state index in [1.807, 2.05) is 0 Å². The van der Waals surface area contributed by atoms with Gasteiger partial charge in [-0.2, -0.15) is 5.10 Å². The third-order valence-corrected chi connectivity index (χ3v) is 5.83. The first-order valence-electron chi connectivity index (χ1n) is 9.26. The van der Waals surface area contributed by atoms with Crippen LogP contribution in [0.4, 0.5) is 5.82 Å². The highest BCUT2D eigenvalue weighted by molar-refractivity contribution is 5.45. The van der Waals surface area contributed by atoms with Gasteiger partial charge in [0.1, 0.15) is 0 Å². The number of fused-ring (bicyclic) bond motifs is 2. The van der Waals surface area contributed by atoms with E-state index in [0.29, 0.717) is 6.04 Å². The molecule has 0 bridgehead atoms. The first kappa shape index (κ1) is 14.4. The molecule has 124 valence electrons. The number of aromatic nitrogens is 2. The van der Waals surface area contributed by atoms with Gasteiger partial charge in [0.15, 0.2) is 5.82 Å². The molecule has 5 rings (SSSR count). The third kappa shape index (κ3) is 2.59. The predicted octanol–water partition coefficient (Wildman–Crippen LogP) is 2.16. The molecule has 2 aliphatic carbocycles. The molecule has 0 unspecified atom stereocenters. The fourth-order valence-electron chi connectivity index (χ4n) is 4.39. The summed E-state index contributed by atoms with van der Waals surface area (Å²) < 4.78 is 0. The van der Waals surface area contributed by atoms with Crippen molar-refractivity contribution in [2.24, 2.45) is 5.92 Å². The smallest absolute Gasteiger partial charge is 0.151 e. The van der Waals surface area contributed by atoms with E-state index in [4.69, 9.17) is 0 Å². The van der Waals surface area contributed by atoms with Gasteiger partial charge in [0.2, 0.25) is 0 Å². The normalized spacial score (nSPS) is 20.1. The Morgan fingerprint density at radius 1 is 1.00 bits per heavy atom. The maximum absolute atomic E-state index is 4.43.